The molecular weight excluding hydrogens is 886 g/mol. The van der Waals surface area contributed by atoms with Crippen LogP contribution >= 0.6 is 0 Å². The molecule has 4 atom stereocenters. The highest BCUT2D eigenvalue weighted by Gasteiger charge is 2.49. The number of carbonyl (C=O) groups is 4. The number of hydrogen-bond acceptors (Lipinski definition) is 14. The lowest BCUT2D eigenvalue weighted by Crippen LogP contribution is -2.52. The van der Waals surface area contributed by atoms with Gasteiger partial charge in [0, 0.05) is 49.6 Å². The number of terminal acetylenes is 1. The number of esters is 2. The van der Waals surface area contributed by atoms with E-state index < -0.39 is 70.6 Å². The third-order valence-electron chi connectivity index (χ3n) is 11.9. The van der Waals surface area contributed by atoms with Crippen molar-refractivity contribution in [3.63, 3.8) is 0 Å². The van der Waals surface area contributed by atoms with Gasteiger partial charge in [0.05, 0.1) is 16.5 Å². The van der Waals surface area contributed by atoms with Crippen molar-refractivity contribution >= 4 is 51.4 Å². The molecule has 3 aliphatic heterocycles. The van der Waals surface area contributed by atoms with E-state index in [4.69, 9.17) is 30.4 Å². The molecule has 0 aliphatic carbocycles. The second-order valence-electron chi connectivity index (χ2n) is 19.6. The fourth-order valence-electron chi connectivity index (χ4n) is 8.93. The molecule has 3 aliphatic rings. The first-order chi connectivity index (χ1) is 32.1. The van der Waals surface area contributed by atoms with Gasteiger partial charge in [0.15, 0.2) is 11.6 Å². The van der Waals surface area contributed by atoms with Crippen molar-refractivity contribution in [2.75, 3.05) is 37.8 Å². The van der Waals surface area contributed by atoms with E-state index in [1.165, 1.54) is 31.3 Å². The number of nitrogens with one attached hydrogen (secondary N) is 3. The number of amides is 2. The maximum absolute atomic E-state index is 17.4. The van der Waals surface area contributed by atoms with Crippen LogP contribution in [0.25, 0.3) is 32.9 Å². The van der Waals surface area contributed by atoms with Gasteiger partial charge >= 0.3 is 24.0 Å². The number of anilines is 1. The zero-order valence-electron chi connectivity index (χ0n) is 39.5. The van der Waals surface area contributed by atoms with Gasteiger partial charge in [-0.15, -0.1) is 6.42 Å². The number of rotatable bonds is 13. The fourth-order valence-corrected chi connectivity index (χ4v) is 8.93. The van der Waals surface area contributed by atoms with E-state index in [2.05, 4.69) is 36.8 Å². The maximum atomic E-state index is 17.4. The summed E-state index contributed by atoms with van der Waals surface area (Å²) in [6.45, 7) is 13.8. The lowest BCUT2D eigenvalue weighted by molar-refractivity contribution is -0.160. The van der Waals surface area contributed by atoms with Crippen LogP contribution in [0.2, 0.25) is 0 Å². The minimum atomic E-state index is -1.29. The van der Waals surface area contributed by atoms with E-state index in [-0.39, 0.29) is 69.7 Å². The highest BCUT2D eigenvalue weighted by Crippen LogP contribution is 2.42. The lowest BCUT2D eigenvalue weighted by Gasteiger charge is -2.31. The van der Waals surface area contributed by atoms with Crippen LogP contribution in [0.4, 0.5) is 23.8 Å². The number of fused-ring (bicyclic) bond motifs is 3. The summed E-state index contributed by atoms with van der Waals surface area (Å²) in [6.07, 6.45) is 9.41. The van der Waals surface area contributed by atoms with E-state index in [0.717, 1.165) is 44.7 Å². The van der Waals surface area contributed by atoms with Gasteiger partial charge < -0.3 is 29.6 Å². The summed E-state index contributed by atoms with van der Waals surface area (Å²) in [5, 5.41) is 7.40. The normalized spacial score (nSPS) is 19.7. The van der Waals surface area contributed by atoms with E-state index in [0.29, 0.717) is 31.9 Å². The van der Waals surface area contributed by atoms with Crippen LogP contribution in [0, 0.1) is 24.0 Å². The number of ether oxygens (including phenoxy) is 4. The van der Waals surface area contributed by atoms with Crippen LogP contribution in [0.1, 0.15) is 105 Å². The van der Waals surface area contributed by atoms with Gasteiger partial charge in [-0.2, -0.15) is 9.97 Å². The van der Waals surface area contributed by atoms with Crippen LogP contribution in [0.5, 0.6) is 11.8 Å². The Morgan fingerprint density at radius 1 is 1.00 bits per heavy atom. The average molecular weight is 945 g/mol. The van der Waals surface area contributed by atoms with Crippen LogP contribution in [0.15, 0.2) is 30.5 Å². The molecular formula is C49H59F3N8O8. The molecule has 0 bridgehead atoms. The largest absolute Gasteiger partial charge is 0.461 e. The average Bonchev–Trinajstić information content (AvgIpc) is 3.64. The second-order valence-corrected chi connectivity index (χ2v) is 19.6. The number of hydrogen-bond donors (Lipinski definition) is 3. The summed E-state index contributed by atoms with van der Waals surface area (Å²) in [6, 6.07) is 2.50. The van der Waals surface area contributed by atoms with Gasteiger partial charge in [0.25, 0.3) is 0 Å². The number of carbonyl (C=O) groups excluding carboxylic acids is 4. The Kier molecular flexibility index (Phi) is 14.7. The summed E-state index contributed by atoms with van der Waals surface area (Å²) in [7, 11) is 0. The molecule has 0 radical (unpaired) electrons. The van der Waals surface area contributed by atoms with E-state index in [9.17, 15) is 23.6 Å². The summed E-state index contributed by atoms with van der Waals surface area (Å²) >= 11 is 0. The molecule has 364 valence electrons. The molecule has 68 heavy (non-hydrogen) atoms. The van der Waals surface area contributed by atoms with Crippen molar-refractivity contribution in [2.24, 2.45) is 0 Å². The highest BCUT2D eigenvalue weighted by molar-refractivity contribution is 6.03. The molecule has 5 heterocycles. The van der Waals surface area contributed by atoms with Gasteiger partial charge in [-0.1, -0.05) is 18.4 Å². The van der Waals surface area contributed by atoms with Crippen molar-refractivity contribution in [1.29, 1.82) is 0 Å². The number of halogens is 3. The molecule has 2 aromatic heterocycles. The van der Waals surface area contributed by atoms with Crippen molar-refractivity contribution in [3.05, 3.63) is 47.7 Å². The molecule has 3 fully saturated rings. The third-order valence-corrected chi connectivity index (χ3v) is 11.9. The molecule has 0 saturated carbocycles. The molecule has 2 aromatic carbocycles. The minimum absolute atomic E-state index is 0.0379. The first kappa shape index (κ1) is 49.6. The Morgan fingerprint density at radius 2 is 1.76 bits per heavy atom. The summed E-state index contributed by atoms with van der Waals surface area (Å²) in [4.78, 5) is 68.5. The predicted octanol–water partition coefficient (Wildman–Crippen LogP) is 6.98. The predicted molar refractivity (Wildman–Crippen MR) is 247 cm³/mol. The Morgan fingerprint density at radius 3 is 2.50 bits per heavy atom. The van der Waals surface area contributed by atoms with E-state index in [1.807, 2.05) is 5.01 Å². The number of hydrazine groups is 1. The topological polar surface area (TPSA) is 186 Å². The van der Waals surface area contributed by atoms with Crippen LogP contribution in [-0.2, 0) is 23.9 Å². The van der Waals surface area contributed by atoms with Gasteiger partial charge in [-0.25, -0.2) is 28.2 Å². The van der Waals surface area contributed by atoms with Crippen LogP contribution < -0.4 is 30.5 Å². The third kappa shape index (κ3) is 11.5. The molecule has 0 spiro atoms. The summed E-state index contributed by atoms with van der Waals surface area (Å²) in [5.74, 6) is -1.34. The number of aromatic nitrogens is 3. The summed E-state index contributed by atoms with van der Waals surface area (Å²) < 4.78 is 70.3. The Hall–Kier alpha value is -6.26. The van der Waals surface area contributed by atoms with Crippen molar-refractivity contribution < 1.29 is 51.3 Å². The second kappa shape index (κ2) is 20.1. The van der Waals surface area contributed by atoms with Gasteiger partial charge in [-0.05, 0) is 111 Å². The highest BCUT2D eigenvalue weighted by atomic mass is 19.1. The Bertz CT molecular complexity index is 2620. The SMILES string of the molecule is C#Cc1c(F)ccc2cc(OC(=O)N[C@@H](C)C(=O)N[C@@H](CCC(=O)OC(C)(C)C)C(=O)OC(C)(C)C)cc(-c3ncc4c(N5CCCCCN5)nc(OC[C@@]56CCCN5C[C@H](F)C6)nc4c3F)c12. The fraction of sp³-hybridized carbons (Fsp3) is 0.531. The lowest BCUT2D eigenvalue weighted by atomic mass is 9.95. The van der Waals surface area contributed by atoms with Crippen molar-refractivity contribution in [2.45, 2.75) is 135 Å². The van der Waals surface area contributed by atoms with Crippen molar-refractivity contribution in [3.8, 4) is 35.4 Å². The molecule has 3 N–H and O–H groups in total. The zero-order chi connectivity index (χ0) is 49.1. The van der Waals surface area contributed by atoms with Gasteiger partial charge in [0.1, 0.15) is 58.8 Å². The quantitative estimate of drug-likeness (QED) is 0.0921. The van der Waals surface area contributed by atoms with E-state index >= 15 is 8.78 Å². The first-order valence-electron chi connectivity index (χ1n) is 23.0. The van der Waals surface area contributed by atoms with Gasteiger partial charge in [-0.3, -0.25) is 24.5 Å². The molecule has 2 amide bonds. The maximum Gasteiger partial charge on any atom is 0.413 e. The monoisotopic (exact) mass is 944 g/mol. The van der Waals surface area contributed by atoms with Crippen molar-refractivity contribution in [1.82, 2.24) is 35.9 Å². The Balaban J connectivity index is 1.19. The van der Waals surface area contributed by atoms with E-state index in [1.54, 1.807) is 41.5 Å². The number of pyridine rings is 1. The molecule has 7 rings (SSSR count). The standard InChI is InChI=1S/C49H59F3N8O8/c1-9-32-35(51)15-14-29-22-31(66-46(64)55-28(2)43(62)56-36(44(63)68-48(6,7)8)16-17-37(61)67-47(3,4)5)23-33(38(29)32)40-39(52)41-34(25-53-40)42(60-21-12-10-11-19-54-60)58-45(57-41)65-27-49-18-13-20-59(49)26-30(50)24-49/h1,14-15,22-23,25,28,30,36,54H,10-13,16-21,24,26-27H2,2-8H3,(H,55,64)(H,56,62)/t28-,30+,36-,49-/m0/s1. The minimum Gasteiger partial charge on any atom is -0.461 e. The van der Waals surface area contributed by atoms with Crippen LogP contribution in [0.3, 0.4) is 0 Å². The zero-order valence-corrected chi connectivity index (χ0v) is 39.5. The van der Waals surface area contributed by atoms with Crippen LogP contribution in [-0.4, -0.2) is 112 Å². The molecule has 4 aromatic rings. The Labute approximate surface area is 393 Å². The number of nitrogens with zero attached hydrogens (tertiary/aromatic N) is 5. The molecule has 0 unspecified atom stereocenters. The first-order valence-corrected chi connectivity index (χ1v) is 23.0. The molecule has 3 saturated heterocycles. The van der Waals surface area contributed by atoms with Gasteiger partial charge in [0.2, 0.25) is 5.91 Å². The molecule has 16 nitrogen and oxygen atoms in total. The number of benzene rings is 2. The number of alkyl halides is 1. The molecule has 19 heteroatoms. The summed E-state index contributed by atoms with van der Waals surface area (Å²) in [5.41, 5.74) is 0.425. The smallest absolute Gasteiger partial charge is 0.413 e.